The normalized spacial score (nSPS) is 22.9. The molecule has 5 heteroatoms. The Labute approximate surface area is 175 Å². The smallest absolute Gasteiger partial charge is 0.227 e. The molecule has 1 N–H and O–H groups in total. The molecule has 5 nitrogen and oxygen atoms in total. The van der Waals surface area contributed by atoms with Crippen LogP contribution in [0.25, 0.3) is 0 Å². The van der Waals surface area contributed by atoms with Crippen LogP contribution < -0.4 is 10.2 Å². The quantitative estimate of drug-likeness (QED) is 0.764. The molecule has 3 rings (SSSR count). The minimum absolute atomic E-state index is 0.0166. The number of carbonyl (C=O) groups excluding carboxylic acids is 2. The predicted octanol–water partition coefficient (Wildman–Crippen LogP) is 4.54. The molecule has 2 amide bonds. The highest BCUT2D eigenvalue weighted by atomic mass is 16.2. The molecule has 1 aliphatic carbocycles. The number of hydrogen-bond acceptors (Lipinski definition) is 3. The molecule has 0 aromatic heterocycles. The summed E-state index contributed by atoms with van der Waals surface area (Å²) in [5.74, 6) is 1.28. The lowest BCUT2D eigenvalue weighted by atomic mass is 9.80. The second kappa shape index (κ2) is 10.1. The lowest BCUT2D eigenvalue weighted by Crippen LogP contribution is -2.42. The summed E-state index contributed by atoms with van der Waals surface area (Å²) < 4.78 is 0. The Kier molecular flexibility index (Phi) is 7.57. The second-order valence-electron chi connectivity index (χ2n) is 8.76. The molecule has 1 saturated heterocycles. The Morgan fingerprint density at radius 3 is 2.03 bits per heavy atom. The molecule has 1 aromatic carbocycles. The van der Waals surface area contributed by atoms with Crippen molar-refractivity contribution in [1.82, 2.24) is 4.90 Å². The van der Waals surface area contributed by atoms with Crippen LogP contribution in [-0.2, 0) is 9.59 Å². The molecule has 0 bridgehead atoms. The maximum Gasteiger partial charge on any atom is 0.227 e. The first-order valence-electron chi connectivity index (χ1n) is 11.5. The van der Waals surface area contributed by atoms with Crippen LogP contribution in [0.3, 0.4) is 0 Å². The number of nitrogens with one attached hydrogen (secondary N) is 1. The van der Waals surface area contributed by atoms with Gasteiger partial charge in [-0.2, -0.15) is 0 Å². The first-order chi connectivity index (χ1) is 14.0. The summed E-state index contributed by atoms with van der Waals surface area (Å²) in [6.07, 6.45) is 5.54. The van der Waals surface area contributed by atoms with Gasteiger partial charge in [0.25, 0.3) is 0 Å². The third-order valence-electron chi connectivity index (χ3n) is 6.81. The highest BCUT2D eigenvalue weighted by Gasteiger charge is 2.33. The van der Waals surface area contributed by atoms with Crippen LogP contribution in [0, 0.1) is 17.8 Å². The fourth-order valence-corrected chi connectivity index (χ4v) is 4.68. The van der Waals surface area contributed by atoms with E-state index < -0.39 is 0 Å². The Morgan fingerprint density at radius 2 is 1.48 bits per heavy atom. The fraction of sp³-hybridized carbons (Fsp3) is 0.667. The van der Waals surface area contributed by atoms with Crippen molar-refractivity contribution in [3.63, 3.8) is 0 Å². The SMILES string of the molecule is CCN(CC)c1ccc(NC(=O)C2CCC(C(=O)N3CCC(C)CC3)CC2)cc1. The summed E-state index contributed by atoms with van der Waals surface area (Å²) in [5.41, 5.74) is 2.03. The van der Waals surface area contributed by atoms with Gasteiger partial charge in [-0.3, -0.25) is 9.59 Å². The molecule has 1 aromatic rings. The zero-order chi connectivity index (χ0) is 20.8. The van der Waals surface area contributed by atoms with E-state index in [-0.39, 0.29) is 17.7 Å². The number of anilines is 2. The van der Waals surface area contributed by atoms with E-state index in [0.717, 1.165) is 76.3 Å². The molecular formula is C24H37N3O2. The van der Waals surface area contributed by atoms with E-state index in [1.165, 1.54) is 5.69 Å². The number of carbonyl (C=O) groups is 2. The largest absolute Gasteiger partial charge is 0.372 e. The summed E-state index contributed by atoms with van der Waals surface area (Å²) in [4.78, 5) is 29.8. The van der Waals surface area contributed by atoms with Crippen molar-refractivity contribution >= 4 is 23.2 Å². The molecule has 1 aliphatic heterocycles. The predicted molar refractivity (Wildman–Crippen MR) is 119 cm³/mol. The minimum atomic E-state index is 0.0166. The number of nitrogens with zero attached hydrogens (tertiary/aromatic N) is 2. The summed E-state index contributed by atoms with van der Waals surface area (Å²) in [5, 5.41) is 3.07. The van der Waals surface area contributed by atoms with Crippen LogP contribution >= 0.6 is 0 Å². The van der Waals surface area contributed by atoms with E-state index in [0.29, 0.717) is 5.91 Å². The van der Waals surface area contributed by atoms with Gasteiger partial charge < -0.3 is 15.1 Å². The van der Waals surface area contributed by atoms with Gasteiger partial charge in [0.1, 0.15) is 0 Å². The van der Waals surface area contributed by atoms with Crippen LogP contribution in [0.4, 0.5) is 11.4 Å². The molecule has 160 valence electrons. The lowest BCUT2D eigenvalue weighted by molar-refractivity contribution is -0.139. The van der Waals surface area contributed by atoms with Crippen molar-refractivity contribution in [2.45, 2.75) is 59.3 Å². The maximum atomic E-state index is 12.8. The topological polar surface area (TPSA) is 52.7 Å². The summed E-state index contributed by atoms with van der Waals surface area (Å²) in [7, 11) is 0. The molecule has 29 heavy (non-hydrogen) atoms. The van der Waals surface area contributed by atoms with Crippen molar-refractivity contribution < 1.29 is 9.59 Å². The number of benzene rings is 1. The van der Waals surface area contributed by atoms with Gasteiger partial charge in [0, 0.05) is 49.4 Å². The van der Waals surface area contributed by atoms with E-state index in [1.54, 1.807) is 0 Å². The number of amides is 2. The van der Waals surface area contributed by atoms with Crippen molar-refractivity contribution in [3.05, 3.63) is 24.3 Å². The summed E-state index contributed by atoms with van der Waals surface area (Å²) >= 11 is 0. The van der Waals surface area contributed by atoms with Crippen LogP contribution in [0.2, 0.25) is 0 Å². The van der Waals surface area contributed by atoms with Gasteiger partial charge in [-0.25, -0.2) is 0 Å². The zero-order valence-electron chi connectivity index (χ0n) is 18.3. The highest BCUT2D eigenvalue weighted by Crippen LogP contribution is 2.32. The molecule has 0 atom stereocenters. The molecule has 0 unspecified atom stereocenters. The molecule has 2 fully saturated rings. The van der Waals surface area contributed by atoms with Crippen molar-refractivity contribution in [2.75, 3.05) is 36.4 Å². The van der Waals surface area contributed by atoms with E-state index in [4.69, 9.17) is 0 Å². The molecular weight excluding hydrogens is 362 g/mol. The van der Waals surface area contributed by atoms with E-state index in [2.05, 4.69) is 48.0 Å². The third-order valence-corrected chi connectivity index (χ3v) is 6.81. The van der Waals surface area contributed by atoms with Crippen LogP contribution in [0.1, 0.15) is 59.3 Å². The summed E-state index contributed by atoms with van der Waals surface area (Å²) in [6.45, 7) is 10.3. The number of hydrogen-bond donors (Lipinski definition) is 1. The average Bonchev–Trinajstić information content (AvgIpc) is 2.76. The number of rotatable bonds is 6. The monoisotopic (exact) mass is 399 g/mol. The molecule has 2 aliphatic rings. The van der Waals surface area contributed by atoms with Gasteiger partial charge in [-0.05, 0) is 82.6 Å². The molecule has 0 radical (unpaired) electrons. The van der Waals surface area contributed by atoms with Gasteiger partial charge in [0.2, 0.25) is 11.8 Å². The van der Waals surface area contributed by atoms with Crippen LogP contribution in [0.15, 0.2) is 24.3 Å². The Balaban J connectivity index is 1.47. The van der Waals surface area contributed by atoms with Crippen LogP contribution in [0.5, 0.6) is 0 Å². The van der Waals surface area contributed by atoms with Gasteiger partial charge in [-0.1, -0.05) is 6.92 Å². The van der Waals surface area contributed by atoms with Gasteiger partial charge in [0.15, 0.2) is 0 Å². The van der Waals surface area contributed by atoms with Crippen molar-refractivity contribution in [1.29, 1.82) is 0 Å². The minimum Gasteiger partial charge on any atom is -0.372 e. The second-order valence-corrected chi connectivity index (χ2v) is 8.76. The number of piperidine rings is 1. The van der Waals surface area contributed by atoms with Crippen molar-refractivity contribution in [3.8, 4) is 0 Å². The van der Waals surface area contributed by atoms with Gasteiger partial charge >= 0.3 is 0 Å². The molecule has 1 heterocycles. The van der Waals surface area contributed by atoms with E-state index >= 15 is 0 Å². The lowest BCUT2D eigenvalue weighted by Gasteiger charge is -2.35. The zero-order valence-corrected chi connectivity index (χ0v) is 18.3. The Morgan fingerprint density at radius 1 is 0.931 bits per heavy atom. The maximum absolute atomic E-state index is 12.8. The average molecular weight is 400 g/mol. The third kappa shape index (κ3) is 5.52. The summed E-state index contributed by atoms with van der Waals surface area (Å²) in [6, 6.07) is 8.10. The first-order valence-corrected chi connectivity index (χ1v) is 11.5. The highest BCUT2D eigenvalue weighted by molar-refractivity contribution is 5.93. The van der Waals surface area contributed by atoms with Crippen LogP contribution in [-0.4, -0.2) is 42.9 Å². The van der Waals surface area contributed by atoms with Gasteiger partial charge in [-0.15, -0.1) is 0 Å². The van der Waals surface area contributed by atoms with E-state index in [1.807, 2.05) is 12.1 Å². The van der Waals surface area contributed by atoms with Gasteiger partial charge in [0.05, 0.1) is 0 Å². The van der Waals surface area contributed by atoms with E-state index in [9.17, 15) is 9.59 Å². The Bertz CT molecular complexity index is 668. The standard InChI is InChI=1S/C24H37N3O2/c1-4-26(5-2)22-12-10-21(11-13-22)25-23(28)19-6-8-20(9-7-19)24(29)27-16-14-18(3)15-17-27/h10-13,18-20H,4-9,14-17H2,1-3H3,(H,25,28). The number of likely N-dealkylation sites (tertiary alicyclic amines) is 1. The first kappa shape index (κ1) is 21.7. The Hall–Kier alpha value is -2.04. The fourth-order valence-electron chi connectivity index (χ4n) is 4.68. The van der Waals surface area contributed by atoms with Crippen molar-refractivity contribution in [2.24, 2.45) is 17.8 Å². The molecule has 0 spiro atoms. The molecule has 1 saturated carbocycles.